The molecule has 1 spiro atoms. The van der Waals surface area contributed by atoms with E-state index in [1.807, 2.05) is 0 Å². The number of likely N-dealkylation sites (tertiary alicyclic amines) is 1. The van der Waals surface area contributed by atoms with Gasteiger partial charge in [0, 0.05) is 31.4 Å². The van der Waals surface area contributed by atoms with Crippen molar-refractivity contribution >= 4 is 29.4 Å². The van der Waals surface area contributed by atoms with Crippen LogP contribution in [0.25, 0.3) is 11.4 Å². The Kier molecular flexibility index (Phi) is 7.28. The van der Waals surface area contributed by atoms with E-state index in [1.54, 1.807) is 56.0 Å². The average molecular weight is 563 g/mol. The zero-order chi connectivity index (χ0) is 29.5. The fraction of sp³-hybridized carbons (Fsp3) is 0.393. The van der Waals surface area contributed by atoms with Crippen LogP contribution in [-0.4, -0.2) is 85.9 Å². The van der Waals surface area contributed by atoms with Crippen molar-refractivity contribution in [3.8, 4) is 11.4 Å². The Labute approximate surface area is 235 Å². The molecule has 2 aromatic carbocycles. The molecule has 5 rings (SSSR count). The lowest BCUT2D eigenvalue weighted by molar-refractivity contribution is -0.139. The number of halogens is 1. The summed E-state index contributed by atoms with van der Waals surface area (Å²) in [4.78, 5) is 57.4. The molecule has 0 saturated carbocycles. The summed E-state index contributed by atoms with van der Waals surface area (Å²) < 4.78 is 14.3. The number of piperidine rings is 1. The number of aryl methyl sites for hydroxylation is 1. The zero-order valence-electron chi connectivity index (χ0n) is 23.2. The molecule has 0 unspecified atom stereocenters. The normalized spacial score (nSPS) is 17.5. The monoisotopic (exact) mass is 562 g/mol. The van der Waals surface area contributed by atoms with Crippen LogP contribution < -0.4 is 10.2 Å². The SMILES string of the molecule is Cc1ccc(F)c(C(=O)N[C@@H](C(=O)N2CCC3(CC2)C(=O)N(C)C(=O)N3c2ccc(-c3nn[nH]n3)cc2)C(C)C)c1. The largest absolute Gasteiger partial charge is 0.341 e. The number of likely N-dealkylation sites (N-methyl/N-ethyl adjacent to an activating group) is 1. The van der Waals surface area contributed by atoms with Crippen LogP contribution in [0.1, 0.15) is 42.6 Å². The molecule has 5 amide bonds. The number of carbonyl (C=O) groups is 4. The minimum absolute atomic E-state index is 0.125. The summed E-state index contributed by atoms with van der Waals surface area (Å²) in [5.41, 5.74) is 0.667. The van der Waals surface area contributed by atoms with E-state index < -0.39 is 29.3 Å². The van der Waals surface area contributed by atoms with Crippen LogP contribution in [0.5, 0.6) is 0 Å². The van der Waals surface area contributed by atoms with Gasteiger partial charge in [-0.15, -0.1) is 10.2 Å². The molecule has 2 N–H and O–H groups in total. The molecule has 2 fully saturated rings. The summed E-state index contributed by atoms with van der Waals surface area (Å²) in [6.45, 7) is 5.74. The predicted octanol–water partition coefficient (Wildman–Crippen LogP) is 2.53. The second-order valence-electron chi connectivity index (χ2n) is 10.8. The molecule has 41 heavy (non-hydrogen) atoms. The van der Waals surface area contributed by atoms with Crippen molar-refractivity contribution in [1.82, 2.24) is 35.7 Å². The molecule has 0 radical (unpaired) electrons. The minimum atomic E-state index is -1.16. The number of amides is 5. The number of aromatic nitrogens is 4. The molecule has 1 aromatic heterocycles. The number of anilines is 1. The number of aromatic amines is 1. The summed E-state index contributed by atoms with van der Waals surface area (Å²) >= 11 is 0. The number of imide groups is 1. The van der Waals surface area contributed by atoms with E-state index in [0.717, 1.165) is 10.5 Å². The number of urea groups is 1. The maximum Gasteiger partial charge on any atom is 0.331 e. The van der Waals surface area contributed by atoms with Crippen LogP contribution in [0.4, 0.5) is 14.9 Å². The first kappa shape index (κ1) is 27.9. The highest BCUT2D eigenvalue weighted by molar-refractivity contribution is 6.16. The van der Waals surface area contributed by atoms with Gasteiger partial charge in [0.2, 0.25) is 11.7 Å². The Morgan fingerprint density at radius 3 is 2.37 bits per heavy atom. The number of H-pyrrole nitrogens is 1. The van der Waals surface area contributed by atoms with E-state index in [0.29, 0.717) is 17.1 Å². The summed E-state index contributed by atoms with van der Waals surface area (Å²) in [6, 6.07) is 9.84. The standard InChI is InChI=1S/C28H31FN8O4/c1-16(2)22(30-24(38)20-15-17(3)5-10-21(20)29)25(39)36-13-11-28(12-14-36)26(40)35(4)27(41)37(28)19-8-6-18(7-9-19)23-31-33-34-32-23/h5-10,15-16,22H,11-14H2,1-4H3,(H,30,38)(H,31,32,33,34)/t22-/m1/s1. The smallest absolute Gasteiger partial charge is 0.331 e. The summed E-state index contributed by atoms with van der Waals surface area (Å²) in [7, 11) is 1.45. The van der Waals surface area contributed by atoms with Gasteiger partial charge in [0.1, 0.15) is 17.4 Å². The fourth-order valence-corrected chi connectivity index (χ4v) is 5.51. The number of hydrogen-bond donors (Lipinski definition) is 2. The van der Waals surface area contributed by atoms with Crippen molar-refractivity contribution in [3.63, 3.8) is 0 Å². The van der Waals surface area contributed by atoms with Crippen LogP contribution in [-0.2, 0) is 9.59 Å². The molecular formula is C28H31FN8O4. The molecule has 2 saturated heterocycles. The number of rotatable bonds is 6. The second kappa shape index (κ2) is 10.7. The van der Waals surface area contributed by atoms with Gasteiger partial charge in [-0.25, -0.2) is 9.18 Å². The molecule has 0 bridgehead atoms. The fourth-order valence-electron chi connectivity index (χ4n) is 5.51. The summed E-state index contributed by atoms with van der Waals surface area (Å²) in [5, 5.41) is 16.6. The Bertz CT molecular complexity index is 1480. The number of benzene rings is 2. The number of nitrogens with zero attached hydrogens (tertiary/aromatic N) is 6. The number of tetrazole rings is 1. The van der Waals surface area contributed by atoms with E-state index in [4.69, 9.17) is 0 Å². The lowest BCUT2D eigenvalue weighted by atomic mass is 9.85. The predicted molar refractivity (Wildman–Crippen MR) is 146 cm³/mol. The van der Waals surface area contributed by atoms with Crippen molar-refractivity contribution < 1.29 is 23.6 Å². The van der Waals surface area contributed by atoms with Crippen molar-refractivity contribution in [3.05, 3.63) is 59.4 Å². The van der Waals surface area contributed by atoms with E-state index in [2.05, 4.69) is 25.9 Å². The maximum absolute atomic E-state index is 14.3. The third kappa shape index (κ3) is 4.92. The van der Waals surface area contributed by atoms with Gasteiger partial charge in [-0.2, -0.15) is 5.21 Å². The van der Waals surface area contributed by atoms with Crippen LogP contribution in [0.3, 0.4) is 0 Å². The van der Waals surface area contributed by atoms with Crippen LogP contribution >= 0.6 is 0 Å². The maximum atomic E-state index is 14.3. The lowest BCUT2D eigenvalue weighted by Crippen LogP contribution is -2.60. The molecule has 3 heterocycles. The van der Waals surface area contributed by atoms with Gasteiger partial charge in [0.15, 0.2) is 0 Å². The van der Waals surface area contributed by atoms with Crippen molar-refractivity contribution in [2.45, 2.75) is 45.2 Å². The van der Waals surface area contributed by atoms with Gasteiger partial charge in [-0.1, -0.05) is 25.5 Å². The highest BCUT2D eigenvalue weighted by atomic mass is 19.1. The number of nitrogens with one attached hydrogen (secondary N) is 2. The molecule has 0 aliphatic carbocycles. The van der Waals surface area contributed by atoms with Gasteiger partial charge < -0.3 is 10.2 Å². The van der Waals surface area contributed by atoms with Crippen LogP contribution in [0.2, 0.25) is 0 Å². The molecule has 214 valence electrons. The van der Waals surface area contributed by atoms with E-state index in [1.165, 1.54) is 24.1 Å². The Balaban J connectivity index is 1.34. The van der Waals surface area contributed by atoms with Crippen molar-refractivity contribution in [1.29, 1.82) is 0 Å². The van der Waals surface area contributed by atoms with Gasteiger partial charge in [0.25, 0.3) is 11.8 Å². The molecule has 2 aliphatic heterocycles. The van der Waals surface area contributed by atoms with Gasteiger partial charge in [0.05, 0.1) is 5.56 Å². The van der Waals surface area contributed by atoms with Crippen molar-refractivity contribution in [2.24, 2.45) is 5.92 Å². The van der Waals surface area contributed by atoms with E-state index >= 15 is 0 Å². The molecule has 12 nitrogen and oxygen atoms in total. The first-order chi connectivity index (χ1) is 19.5. The molecule has 1 atom stereocenters. The number of hydrogen-bond acceptors (Lipinski definition) is 7. The highest BCUT2D eigenvalue weighted by Gasteiger charge is 2.58. The first-order valence-corrected chi connectivity index (χ1v) is 13.4. The molecule has 3 aromatic rings. The highest BCUT2D eigenvalue weighted by Crippen LogP contribution is 2.40. The topological polar surface area (TPSA) is 144 Å². The van der Waals surface area contributed by atoms with E-state index in [-0.39, 0.29) is 49.2 Å². The zero-order valence-corrected chi connectivity index (χ0v) is 23.2. The van der Waals surface area contributed by atoms with Gasteiger partial charge in [-0.3, -0.25) is 24.2 Å². The molecular weight excluding hydrogens is 531 g/mol. The second-order valence-corrected chi connectivity index (χ2v) is 10.8. The minimum Gasteiger partial charge on any atom is -0.341 e. The van der Waals surface area contributed by atoms with Gasteiger partial charge in [-0.05, 0) is 67.3 Å². The van der Waals surface area contributed by atoms with Crippen LogP contribution in [0.15, 0.2) is 42.5 Å². The molecule has 2 aliphatic rings. The summed E-state index contributed by atoms with van der Waals surface area (Å²) in [6.07, 6.45) is 0.428. The Hall–Kier alpha value is -4.68. The third-order valence-corrected chi connectivity index (χ3v) is 7.83. The Morgan fingerprint density at radius 2 is 1.76 bits per heavy atom. The molecule has 13 heteroatoms. The Morgan fingerprint density at radius 1 is 1.07 bits per heavy atom. The van der Waals surface area contributed by atoms with Gasteiger partial charge >= 0.3 is 6.03 Å². The van der Waals surface area contributed by atoms with Crippen molar-refractivity contribution in [2.75, 3.05) is 25.0 Å². The third-order valence-electron chi connectivity index (χ3n) is 7.83. The lowest BCUT2D eigenvalue weighted by Gasteiger charge is -2.43. The number of carbonyl (C=O) groups excluding carboxylic acids is 4. The first-order valence-electron chi connectivity index (χ1n) is 13.4. The van der Waals surface area contributed by atoms with E-state index in [9.17, 15) is 23.6 Å². The van der Waals surface area contributed by atoms with Crippen LogP contribution in [0, 0.1) is 18.7 Å². The average Bonchev–Trinajstić information content (AvgIpc) is 3.56. The quantitative estimate of drug-likeness (QED) is 0.439. The summed E-state index contributed by atoms with van der Waals surface area (Å²) in [5.74, 6) is -1.86.